The van der Waals surface area contributed by atoms with Gasteiger partial charge in [-0.15, -0.1) is 0 Å². The molecule has 2 nitrogen and oxygen atoms in total. The van der Waals surface area contributed by atoms with Gasteiger partial charge in [0.05, 0.1) is 11.4 Å². The largest absolute Gasteiger partial charge is 0.456 e. The molecule has 0 saturated heterocycles. The quantitative estimate of drug-likeness (QED) is 0.182. The number of benzene rings is 8. The fourth-order valence-corrected chi connectivity index (χ4v) is 7.16. The molecule has 0 spiro atoms. The maximum Gasteiger partial charge on any atom is 0.138 e. The van der Waals surface area contributed by atoms with E-state index < -0.39 is 0 Å². The molecule has 1 aromatic heterocycles. The molecule has 8 aromatic carbocycles. The van der Waals surface area contributed by atoms with Crippen molar-refractivity contribution in [3.05, 3.63) is 188 Å². The van der Waals surface area contributed by atoms with E-state index in [1.54, 1.807) is 0 Å². The molecule has 1 heterocycles. The lowest BCUT2D eigenvalue weighted by molar-refractivity contribution is 0.629. The molecule has 0 aliphatic carbocycles. The monoisotopic (exact) mass is 627 g/mol. The summed E-state index contributed by atoms with van der Waals surface area (Å²) in [6, 6.07) is 65.1. The predicted molar refractivity (Wildman–Crippen MR) is 207 cm³/mol. The van der Waals surface area contributed by atoms with Crippen molar-refractivity contribution in [3.63, 3.8) is 0 Å². The average molecular weight is 628 g/mol. The topological polar surface area (TPSA) is 16.4 Å². The third-order valence-corrected chi connectivity index (χ3v) is 9.66. The zero-order valence-electron chi connectivity index (χ0n) is 27.2. The minimum absolute atomic E-state index is 0.924. The highest BCUT2D eigenvalue weighted by Crippen LogP contribution is 2.42. The van der Waals surface area contributed by atoms with Crippen molar-refractivity contribution in [1.29, 1.82) is 0 Å². The Balaban J connectivity index is 1.06. The van der Waals surface area contributed by atoms with Crippen molar-refractivity contribution in [3.8, 4) is 33.6 Å². The molecule has 0 radical (unpaired) electrons. The number of hydrogen-bond donors (Lipinski definition) is 0. The highest BCUT2D eigenvalue weighted by atomic mass is 16.3. The Kier molecular flexibility index (Phi) is 7.06. The van der Waals surface area contributed by atoms with Crippen LogP contribution < -0.4 is 4.90 Å². The van der Waals surface area contributed by atoms with Gasteiger partial charge in [-0.05, 0) is 76.3 Å². The van der Waals surface area contributed by atoms with Gasteiger partial charge < -0.3 is 9.32 Å². The van der Waals surface area contributed by atoms with E-state index in [9.17, 15) is 0 Å². The SMILES string of the molecule is Cc1c(-c2cccc(-c3ccc(-c4ccc(N(c5cccc6ccccc56)c5cccc6ccccc56)cc4)cc3)c2)oc2ccccc12. The molecule has 9 rings (SSSR count). The van der Waals surface area contributed by atoms with Crippen LogP contribution in [0.2, 0.25) is 0 Å². The van der Waals surface area contributed by atoms with Crippen LogP contribution in [-0.2, 0) is 0 Å². The number of aryl methyl sites for hydroxylation is 1. The predicted octanol–water partition coefficient (Wildman–Crippen LogP) is 13.5. The van der Waals surface area contributed by atoms with Crippen LogP contribution in [0.25, 0.3) is 66.1 Å². The van der Waals surface area contributed by atoms with Gasteiger partial charge in [0.2, 0.25) is 0 Å². The number of anilines is 3. The highest BCUT2D eigenvalue weighted by molar-refractivity contribution is 6.04. The highest BCUT2D eigenvalue weighted by Gasteiger charge is 2.18. The second kappa shape index (κ2) is 12.0. The molecule has 0 bridgehead atoms. The Morgan fingerprint density at radius 3 is 1.47 bits per heavy atom. The first-order valence-corrected chi connectivity index (χ1v) is 16.8. The lowest BCUT2D eigenvalue weighted by atomic mass is 9.97. The van der Waals surface area contributed by atoms with Gasteiger partial charge in [-0.1, -0.05) is 146 Å². The molecule has 49 heavy (non-hydrogen) atoms. The van der Waals surface area contributed by atoms with Gasteiger partial charge in [-0.25, -0.2) is 0 Å². The van der Waals surface area contributed by atoms with Crippen molar-refractivity contribution in [2.24, 2.45) is 0 Å². The molecule has 9 aromatic rings. The Bertz CT molecular complexity index is 2520. The standard InChI is InChI=1S/C47H33NO/c1-32-41-17-6-7-22-46(41)49-47(32)39-16-8-15-38(31-39)35-25-23-33(24-26-35)34-27-29-40(30-28-34)48(44-20-9-13-36-11-2-4-18-42(36)44)45-21-10-14-37-12-3-5-19-43(37)45/h2-31H,1H3. The van der Waals surface area contributed by atoms with Crippen molar-refractivity contribution in [1.82, 2.24) is 0 Å². The van der Waals surface area contributed by atoms with Crippen LogP contribution in [0.5, 0.6) is 0 Å². The van der Waals surface area contributed by atoms with Crippen molar-refractivity contribution in [2.75, 3.05) is 4.90 Å². The number of nitrogens with zero attached hydrogens (tertiary/aromatic N) is 1. The van der Waals surface area contributed by atoms with Crippen LogP contribution >= 0.6 is 0 Å². The Morgan fingerprint density at radius 1 is 0.388 bits per heavy atom. The number of fused-ring (bicyclic) bond motifs is 3. The van der Waals surface area contributed by atoms with Crippen LogP contribution in [0.1, 0.15) is 5.56 Å². The molecular formula is C47H33NO. The van der Waals surface area contributed by atoms with Crippen LogP contribution in [0.4, 0.5) is 17.1 Å². The Hall–Kier alpha value is -6.38. The van der Waals surface area contributed by atoms with Crippen molar-refractivity contribution in [2.45, 2.75) is 6.92 Å². The Labute approximate surface area is 286 Å². The fourth-order valence-electron chi connectivity index (χ4n) is 7.16. The smallest absolute Gasteiger partial charge is 0.138 e. The van der Waals surface area contributed by atoms with E-state index in [2.05, 4.69) is 182 Å². The molecule has 0 aliphatic rings. The average Bonchev–Trinajstić information content (AvgIpc) is 3.51. The summed E-state index contributed by atoms with van der Waals surface area (Å²) in [4.78, 5) is 2.40. The molecular weight excluding hydrogens is 595 g/mol. The summed E-state index contributed by atoms with van der Waals surface area (Å²) in [7, 11) is 0. The van der Waals surface area contributed by atoms with Crippen molar-refractivity contribution < 1.29 is 4.42 Å². The summed E-state index contributed by atoms with van der Waals surface area (Å²) >= 11 is 0. The maximum absolute atomic E-state index is 6.27. The lowest BCUT2D eigenvalue weighted by Crippen LogP contribution is -2.11. The summed E-state index contributed by atoms with van der Waals surface area (Å²) in [5, 5.41) is 6.05. The number of para-hydroxylation sites is 1. The zero-order chi connectivity index (χ0) is 32.7. The summed E-state index contributed by atoms with van der Waals surface area (Å²) in [6.45, 7) is 2.14. The van der Waals surface area contributed by atoms with E-state index in [1.165, 1.54) is 49.4 Å². The Morgan fingerprint density at radius 2 is 0.857 bits per heavy atom. The first-order chi connectivity index (χ1) is 24.2. The summed E-state index contributed by atoms with van der Waals surface area (Å²) in [6.07, 6.45) is 0. The second-order valence-corrected chi connectivity index (χ2v) is 12.6. The van der Waals surface area contributed by atoms with E-state index in [4.69, 9.17) is 4.42 Å². The van der Waals surface area contributed by atoms with Crippen LogP contribution in [0.15, 0.2) is 186 Å². The van der Waals surface area contributed by atoms with Crippen LogP contribution in [0.3, 0.4) is 0 Å². The van der Waals surface area contributed by atoms with Gasteiger partial charge in [0.1, 0.15) is 11.3 Å². The summed E-state index contributed by atoms with van der Waals surface area (Å²) in [5.74, 6) is 0.931. The molecule has 0 fully saturated rings. The molecule has 0 unspecified atom stereocenters. The van der Waals surface area contributed by atoms with E-state index in [1.807, 2.05) is 12.1 Å². The fraction of sp³-hybridized carbons (Fsp3) is 0.0213. The molecule has 2 heteroatoms. The van der Waals surface area contributed by atoms with Crippen LogP contribution in [-0.4, -0.2) is 0 Å². The first-order valence-electron chi connectivity index (χ1n) is 16.8. The van der Waals surface area contributed by atoms with E-state index in [-0.39, 0.29) is 0 Å². The maximum atomic E-state index is 6.27. The number of hydrogen-bond acceptors (Lipinski definition) is 2. The first kappa shape index (κ1) is 28.8. The van der Waals surface area contributed by atoms with E-state index >= 15 is 0 Å². The summed E-state index contributed by atoms with van der Waals surface area (Å²) in [5.41, 5.74) is 11.3. The van der Waals surface area contributed by atoms with Crippen molar-refractivity contribution >= 4 is 49.6 Å². The van der Waals surface area contributed by atoms with E-state index in [0.29, 0.717) is 0 Å². The molecule has 0 atom stereocenters. The molecule has 0 saturated carbocycles. The van der Waals surface area contributed by atoms with Crippen LogP contribution in [0, 0.1) is 6.92 Å². The van der Waals surface area contributed by atoms with Gasteiger partial charge in [-0.3, -0.25) is 0 Å². The lowest BCUT2D eigenvalue weighted by Gasteiger charge is -2.28. The molecule has 232 valence electrons. The van der Waals surface area contributed by atoms with E-state index in [0.717, 1.165) is 39.4 Å². The third-order valence-electron chi connectivity index (χ3n) is 9.66. The molecule has 0 aliphatic heterocycles. The zero-order valence-corrected chi connectivity index (χ0v) is 27.2. The normalized spacial score (nSPS) is 11.4. The second-order valence-electron chi connectivity index (χ2n) is 12.6. The molecule has 0 amide bonds. The van der Waals surface area contributed by atoms with Gasteiger partial charge >= 0.3 is 0 Å². The minimum Gasteiger partial charge on any atom is -0.456 e. The summed E-state index contributed by atoms with van der Waals surface area (Å²) < 4.78 is 6.27. The third kappa shape index (κ3) is 5.15. The molecule has 0 N–H and O–H groups in total. The minimum atomic E-state index is 0.924. The van der Waals surface area contributed by atoms with Gasteiger partial charge in [0.25, 0.3) is 0 Å². The van der Waals surface area contributed by atoms with Gasteiger partial charge in [0, 0.05) is 33.0 Å². The van der Waals surface area contributed by atoms with Gasteiger partial charge in [0.15, 0.2) is 0 Å². The number of furan rings is 1. The van der Waals surface area contributed by atoms with Gasteiger partial charge in [-0.2, -0.15) is 0 Å². The number of rotatable bonds is 6.